The van der Waals surface area contributed by atoms with E-state index >= 15 is 0 Å². The quantitative estimate of drug-likeness (QED) is 0.828. The summed E-state index contributed by atoms with van der Waals surface area (Å²) in [6.07, 6.45) is 5.85. The fraction of sp³-hybridized carbons (Fsp3) is 0.421. The maximum Gasteiger partial charge on any atom is 0.128 e. The van der Waals surface area contributed by atoms with E-state index < -0.39 is 0 Å². The van der Waals surface area contributed by atoms with Gasteiger partial charge < -0.3 is 9.80 Å². The molecular weight excluding hydrogens is 306 g/mol. The van der Waals surface area contributed by atoms with E-state index in [1.54, 1.807) is 0 Å². The van der Waals surface area contributed by atoms with E-state index in [2.05, 4.69) is 21.9 Å². The normalized spacial score (nSPS) is 24.3. The molecule has 2 atom stereocenters. The van der Waals surface area contributed by atoms with Crippen molar-refractivity contribution in [2.24, 2.45) is 0 Å². The Morgan fingerprint density at radius 3 is 2.48 bits per heavy atom. The minimum atomic E-state index is 0.649. The molecule has 120 valence electrons. The molecule has 0 aliphatic carbocycles. The van der Waals surface area contributed by atoms with Crippen molar-refractivity contribution in [2.45, 2.75) is 25.3 Å². The van der Waals surface area contributed by atoms with Crippen molar-refractivity contribution < 1.29 is 0 Å². The van der Waals surface area contributed by atoms with Gasteiger partial charge in [-0.1, -0.05) is 23.7 Å². The van der Waals surface area contributed by atoms with Gasteiger partial charge in [0.15, 0.2) is 0 Å². The Labute approximate surface area is 142 Å². The third-order valence-corrected chi connectivity index (χ3v) is 5.36. The van der Waals surface area contributed by atoms with Crippen molar-refractivity contribution in [2.75, 3.05) is 31.1 Å². The number of anilines is 1. The molecule has 2 fully saturated rings. The largest absolute Gasteiger partial charge is 0.352 e. The number of benzene rings is 1. The smallest absolute Gasteiger partial charge is 0.128 e. The molecule has 3 heterocycles. The van der Waals surface area contributed by atoms with Crippen LogP contribution >= 0.6 is 11.6 Å². The molecule has 4 rings (SSSR count). The van der Waals surface area contributed by atoms with Crippen molar-refractivity contribution in [1.82, 2.24) is 9.88 Å². The lowest BCUT2D eigenvalue weighted by molar-refractivity contribution is 0.298. The first kappa shape index (κ1) is 15.0. The molecule has 1 aromatic heterocycles. The highest BCUT2D eigenvalue weighted by Gasteiger charge is 2.27. The Balaban J connectivity index is 1.56. The molecule has 3 nitrogen and oxygen atoms in total. The van der Waals surface area contributed by atoms with E-state index in [4.69, 9.17) is 16.6 Å². The zero-order valence-electron chi connectivity index (χ0n) is 13.3. The van der Waals surface area contributed by atoms with Crippen molar-refractivity contribution in [3.8, 4) is 11.1 Å². The van der Waals surface area contributed by atoms with Crippen LogP contribution in [0.2, 0.25) is 5.02 Å². The Morgan fingerprint density at radius 1 is 0.870 bits per heavy atom. The predicted octanol–water partition coefficient (Wildman–Crippen LogP) is 4.08. The molecule has 2 aromatic rings. The molecule has 1 aromatic carbocycles. The number of fused-ring (bicyclic) bond motifs is 3. The van der Waals surface area contributed by atoms with Gasteiger partial charge in [-0.05, 0) is 55.6 Å². The van der Waals surface area contributed by atoms with Gasteiger partial charge in [-0.2, -0.15) is 0 Å². The lowest BCUT2D eigenvalue weighted by Crippen LogP contribution is -2.39. The van der Waals surface area contributed by atoms with Gasteiger partial charge in [0, 0.05) is 42.5 Å². The zero-order valence-corrected chi connectivity index (χ0v) is 14.0. The summed E-state index contributed by atoms with van der Waals surface area (Å²) in [5.41, 5.74) is 2.30. The van der Waals surface area contributed by atoms with Crippen LogP contribution < -0.4 is 4.90 Å². The SMILES string of the molecule is Clc1ccc(-c2ccc(N3CCN4CCCC3CC4)nc2)cc1. The second-order valence-electron chi connectivity index (χ2n) is 6.53. The first-order valence-corrected chi connectivity index (χ1v) is 8.88. The average Bonchev–Trinajstić information content (AvgIpc) is 2.92. The maximum atomic E-state index is 5.96. The molecule has 2 unspecified atom stereocenters. The molecular formula is C19H22ClN3. The number of hydrogen-bond acceptors (Lipinski definition) is 3. The number of aromatic nitrogens is 1. The van der Waals surface area contributed by atoms with E-state index in [9.17, 15) is 0 Å². The number of nitrogens with zero attached hydrogens (tertiary/aromatic N) is 3. The van der Waals surface area contributed by atoms with Crippen LogP contribution in [0.5, 0.6) is 0 Å². The number of hydrogen-bond donors (Lipinski definition) is 0. The molecule has 0 saturated carbocycles. The maximum absolute atomic E-state index is 5.96. The lowest BCUT2D eigenvalue weighted by atomic mass is 10.1. The van der Waals surface area contributed by atoms with Crippen LogP contribution in [-0.2, 0) is 0 Å². The van der Waals surface area contributed by atoms with Gasteiger partial charge >= 0.3 is 0 Å². The van der Waals surface area contributed by atoms with E-state index in [1.165, 1.54) is 32.4 Å². The van der Waals surface area contributed by atoms with E-state index in [0.29, 0.717) is 6.04 Å². The summed E-state index contributed by atoms with van der Waals surface area (Å²) in [7, 11) is 0. The zero-order chi connectivity index (χ0) is 15.6. The first-order valence-electron chi connectivity index (χ1n) is 8.50. The van der Waals surface area contributed by atoms with Crippen LogP contribution in [-0.4, -0.2) is 42.1 Å². The molecule has 0 amide bonds. The third kappa shape index (κ3) is 3.22. The van der Waals surface area contributed by atoms with Crippen molar-refractivity contribution >= 4 is 17.4 Å². The Kier molecular flexibility index (Phi) is 4.23. The predicted molar refractivity (Wildman–Crippen MR) is 96.1 cm³/mol. The van der Waals surface area contributed by atoms with E-state index in [1.807, 2.05) is 30.5 Å². The monoisotopic (exact) mass is 327 g/mol. The summed E-state index contributed by atoms with van der Waals surface area (Å²) in [5.74, 6) is 1.12. The summed E-state index contributed by atoms with van der Waals surface area (Å²) >= 11 is 5.96. The molecule has 2 saturated heterocycles. The number of rotatable bonds is 2. The standard InChI is InChI=1S/C19H22ClN3/c20-17-6-3-15(4-7-17)16-5-8-19(21-14-16)23-13-12-22-10-1-2-18(23)9-11-22/h3-8,14,18H,1-2,9-13H2. The van der Waals surface area contributed by atoms with Gasteiger partial charge in [0.25, 0.3) is 0 Å². The van der Waals surface area contributed by atoms with Crippen molar-refractivity contribution in [3.05, 3.63) is 47.6 Å². The summed E-state index contributed by atoms with van der Waals surface area (Å²) in [6.45, 7) is 4.77. The minimum Gasteiger partial charge on any atom is -0.352 e. The summed E-state index contributed by atoms with van der Waals surface area (Å²) in [6, 6.07) is 12.9. The van der Waals surface area contributed by atoms with E-state index in [0.717, 1.165) is 35.1 Å². The average molecular weight is 328 g/mol. The van der Waals surface area contributed by atoms with Crippen LogP contribution in [0.3, 0.4) is 0 Å². The van der Waals surface area contributed by atoms with Gasteiger partial charge in [0.05, 0.1) is 0 Å². The van der Waals surface area contributed by atoms with Gasteiger partial charge in [0.1, 0.15) is 5.82 Å². The van der Waals surface area contributed by atoms with Gasteiger partial charge in [-0.25, -0.2) is 4.98 Å². The Bertz CT molecular complexity index is 653. The summed E-state index contributed by atoms with van der Waals surface area (Å²) < 4.78 is 0. The molecule has 0 radical (unpaired) electrons. The Hall–Kier alpha value is -1.58. The molecule has 2 bridgehead atoms. The van der Waals surface area contributed by atoms with Crippen LogP contribution in [0.25, 0.3) is 11.1 Å². The fourth-order valence-corrected chi connectivity index (χ4v) is 3.90. The van der Waals surface area contributed by atoms with Crippen molar-refractivity contribution in [1.29, 1.82) is 0 Å². The second kappa shape index (κ2) is 6.50. The van der Waals surface area contributed by atoms with Gasteiger partial charge in [-0.15, -0.1) is 0 Å². The molecule has 4 heteroatoms. The van der Waals surface area contributed by atoms with Crippen LogP contribution in [0.1, 0.15) is 19.3 Å². The highest BCUT2D eigenvalue weighted by molar-refractivity contribution is 6.30. The fourth-order valence-electron chi connectivity index (χ4n) is 3.78. The highest BCUT2D eigenvalue weighted by atomic mass is 35.5. The molecule has 0 N–H and O–H groups in total. The number of pyridine rings is 1. The minimum absolute atomic E-state index is 0.649. The van der Waals surface area contributed by atoms with Gasteiger partial charge in [-0.3, -0.25) is 0 Å². The van der Waals surface area contributed by atoms with E-state index in [-0.39, 0.29) is 0 Å². The molecule has 0 spiro atoms. The van der Waals surface area contributed by atoms with Crippen molar-refractivity contribution in [3.63, 3.8) is 0 Å². The van der Waals surface area contributed by atoms with Crippen LogP contribution in [0, 0.1) is 0 Å². The summed E-state index contributed by atoms with van der Waals surface area (Å²) in [4.78, 5) is 9.88. The molecule has 2 aliphatic rings. The lowest BCUT2D eigenvalue weighted by Gasteiger charge is -2.32. The Morgan fingerprint density at radius 2 is 1.70 bits per heavy atom. The molecule has 23 heavy (non-hydrogen) atoms. The topological polar surface area (TPSA) is 19.4 Å². The van der Waals surface area contributed by atoms with Crippen LogP contribution in [0.15, 0.2) is 42.6 Å². The summed E-state index contributed by atoms with van der Waals surface area (Å²) in [5, 5.41) is 0.768. The van der Waals surface area contributed by atoms with Gasteiger partial charge in [0.2, 0.25) is 0 Å². The van der Waals surface area contributed by atoms with Crippen LogP contribution in [0.4, 0.5) is 5.82 Å². The highest BCUT2D eigenvalue weighted by Crippen LogP contribution is 2.27. The third-order valence-electron chi connectivity index (χ3n) is 5.11. The first-order chi connectivity index (χ1) is 11.3. The molecule has 2 aliphatic heterocycles. The second-order valence-corrected chi connectivity index (χ2v) is 6.97. The number of halogens is 1.